The summed E-state index contributed by atoms with van der Waals surface area (Å²) >= 11 is 1.18. The van der Waals surface area contributed by atoms with E-state index in [9.17, 15) is 14.4 Å². The summed E-state index contributed by atoms with van der Waals surface area (Å²) in [5, 5.41) is 13.9. The number of carboxylic acid groups (broad SMARTS) is 1. The molecule has 1 aliphatic heterocycles. The lowest BCUT2D eigenvalue weighted by atomic mass is 10.2. The van der Waals surface area contributed by atoms with Crippen LogP contribution in [0.3, 0.4) is 0 Å². The van der Waals surface area contributed by atoms with Gasteiger partial charge in [-0.1, -0.05) is 12.1 Å². The molecule has 3 rings (SSSR count). The molecule has 0 saturated carbocycles. The van der Waals surface area contributed by atoms with Crippen molar-refractivity contribution in [3.05, 3.63) is 48.0 Å². The van der Waals surface area contributed by atoms with Gasteiger partial charge in [-0.15, -0.1) is 11.8 Å². The molecule has 1 atom stereocenters. The Morgan fingerprint density at radius 2 is 2.04 bits per heavy atom. The van der Waals surface area contributed by atoms with E-state index in [1.807, 2.05) is 0 Å². The number of hydrogen-bond donors (Lipinski definition) is 3. The van der Waals surface area contributed by atoms with Crippen LogP contribution in [0.25, 0.3) is 0 Å². The van der Waals surface area contributed by atoms with Crippen molar-refractivity contribution in [1.29, 1.82) is 0 Å². The fraction of sp³-hybridized carbons (Fsp3) is 0.167. The highest BCUT2D eigenvalue weighted by Gasteiger charge is 2.29. The first-order valence-electron chi connectivity index (χ1n) is 7.75. The van der Waals surface area contributed by atoms with Crippen LogP contribution in [-0.2, 0) is 9.59 Å². The van der Waals surface area contributed by atoms with Gasteiger partial charge in [-0.05, 0) is 30.3 Å². The zero-order chi connectivity index (χ0) is 18.7. The number of carbonyl (C=O) groups is 3. The van der Waals surface area contributed by atoms with Crippen molar-refractivity contribution >= 4 is 40.9 Å². The van der Waals surface area contributed by atoms with Gasteiger partial charge in [-0.2, -0.15) is 0 Å². The molecule has 134 valence electrons. The Balaban J connectivity index is 1.72. The van der Waals surface area contributed by atoms with Gasteiger partial charge in [0, 0.05) is 11.3 Å². The lowest BCUT2D eigenvalue weighted by Gasteiger charge is -2.24. The number of rotatable bonds is 5. The molecule has 26 heavy (non-hydrogen) atoms. The van der Waals surface area contributed by atoms with Crippen LogP contribution in [0.15, 0.2) is 47.4 Å². The SMILES string of the molecule is COc1ccccc1NC(=O)C[C@@H]1Sc2cc(C(=O)O)ccc2NC1=O. The highest BCUT2D eigenvalue weighted by Crippen LogP contribution is 2.37. The Hall–Kier alpha value is -3.00. The number of thioether (sulfide) groups is 1. The summed E-state index contributed by atoms with van der Waals surface area (Å²) in [6.07, 6.45) is -0.0503. The van der Waals surface area contributed by atoms with Crippen molar-refractivity contribution in [1.82, 2.24) is 0 Å². The Labute approximate surface area is 153 Å². The summed E-state index contributed by atoms with van der Waals surface area (Å²) in [4.78, 5) is 36.3. The van der Waals surface area contributed by atoms with Crippen molar-refractivity contribution in [3.8, 4) is 5.75 Å². The van der Waals surface area contributed by atoms with Gasteiger partial charge in [0.1, 0.15) is 5.75 Å². The van der Waals surface area contributed by atoms with Gasteiger partial charge in [-0.25, -0.2) is 4.79 Å². The Morgan fingerprint density at radius 3 is 2.77 bits per heavy atom. The molecule has 3 N–H and O–H groups in total. The monoisotopic (exact) mass is 372 g/mol. The Morgan fingerprint density at radius 1 is 1.27 bits per heavy atom. The molecular formula is C18H16N2O5S. The molecule has 0 bridgehead atoms. The van der Waals surface area contributed by atoms with E-state index in [0.717, 1.165) is 0 Å². The molecule has 2 aromatic carbocycles. The van der Waals surface area contributed by atoms with Gasteiger partial charge < -0.3 is 20.5 Å². The molecule has 0 spiro atoms. The van der Waals surface area contributed by atoms with Crippen LogP contribution in [0, 0.1) is 0 Å². The number of anilines is 2. The lowest BCUT2D eigenvalue weighted by molar-refractivity contribution is -0.120. The van der Waals surface area contributed by atoms with Crippen LogP contribution in [-0.4, -0.2) is 35.2 Å². The minimum atomic E-state index is -1.05. The van der Waals surface area contributed by atoms with Crippen molar-refractivity contribution in [3.63, 3.8) is 0 Å². The topological polar surface area (TPSA) is 105 Å². The predicted octanol–water partition coefficient (Wildman–Crippen LogP) is 2.83. The standard InChI is InChI=1S/C18H16N2O5S/c1-25-13-5-3-2-4-11(13)19-16(21)9-15-17(22)20-12-7-6-10(18(23)24)8-14(12)26-15/h2-8,15H,9H2,1H3,(H,19,21)(H,20,22)(H,23,24)/t15-/m0/s1. The summed E-state index contributed by atoms with van der Waals surface area (Å²) in [6, 6.07) is 11.5. The average molecular weight is 372 g/mol. The Kier molecular flexibility index (Phi) is 5.13. The predicted molar refractivity (Wildman–Crippen MR) is 97.9 cm³/mol. The smallest absolute Gasteiger partial charge is 0.335 e. The van der Waals surface area contributed by atoms with E-state index in [1.54, 1.807) is 30.3 Å². The molecule has 0 aliphatic carbocycles. The van der Waals surface area contributed by atoms with Crippen LogP contribution in [0.5, 0.6) is 5.75 Å². The molecule has 0 fully saturated rings. The van der Waals surface area contributed by atoms with Crippen LogP contribution in [0.2, 0.25) is 0 Å². The quantitative estimate of drug-likeness (QED) is 0.745. The molecule has 0 saturated heterocycles. The maximum absolute atomic E-state index is 12.3. The number of methoxy groups -OCH3 is 1. The molecule has 2 aromatic rings. The summed E-state index contributed by atoms with van der Waals surface area (Å²) < 4.78 is 5.18. The normalized spacial score (nSPS) is 15.6. The minimum absolute atomic E-state index is 0.0503. The maximum atomic E-state index is 12.3. The van der Waals surface area contributed by atoms with E-state index in [0.29, 0.717) is 22.0 Å². The average Bonchev–Trinajstić information content (AvgIpc) is 2.62. The second-order valence-corrected chi connectivity index (χ2v) is 6.81. The summed E-state index contributed by atoms with van der Waals surface area (Å²) in [6.45, 7) is 0. The van der Waals surface area contributed by atoms with Gasteiger partial charge >= 0.3 is 5.97 Å². The fourth-order valence-corrected chi connectivity index (χ4v) is 3.68. The van der Waals surface area contributed by atoms with Crippen LogP contribution in [0.4, 0.5) is 11.4 Å². The maximum Gasteiger partial charge on any atom is 0.335 e. The van der Waals surface area contributed by atoms with Gasteiger partial charge in [0.05, 0.1) is 29.3 Å². The first-order chi connectivity index (χ1) is 12.5. The first kappa shape index (κ1) is 17.8. The van der Waals surface area contributed by atoms with Crippen molar-refractivity contribution in [2.45, 2.75) is 16.6 Å². The number of benzene rings is 2. The molecule has 7 nitrogen and oxygen atoms in total. The molecular weight excluding hydrogens is 356 g/mol. The number of carboxylic acids is 1. The first-order valence-corrected chi connectivity index (χ1v) is 8.63. The number of para-hydroxylation sites is 2. The molecule has 1 aliphatic rings. The lowest BCUT2D eigenvalue weighted by Crippen LogP contribution is -2.32. The summed E-state index contributed by atoms with van der Waals surface area (Å²) in [7, 11) is 1.51. The third-order valence-electron chi connectivity index (χ3n) is 3.80. The molecule has 8 heteroatoms. The number of nitrogens with one attached hydrogen (secondary N) is 2. The number of ether oxygens (including phenoxy) is 1. The van der Waals surface area contributed by atoms with Crippen molar-refractivity contribution in [2.24, 2.45) is 0 Å². The van der Waals surface area contributed by atoms with E-state index >= 15 is 0 Å². The molecule has 1 heterocycles. The van der Waals surface area contributed by atoms with Crippen LogP contribution >= 0.6 is 11.8 Å². The van der Waals surface area contributed by atoms with E-state index in [-0.39, 0.29) is 23.8 Å². The number of fused-ring (bicyclic) bond motifs is 1. The molecule has 0 unspecified atom stereocenters. The second kappa shape index (κ2) is 7.49. The third-order valence-corrected chi connectivity index (χ3v) is 5.06. The number of hydrogen-bond acceptors (Lipinski definition) is 5. The van der Waals surface area contributed by atoms with E-state index in [2.05, 4.69) is 10.6 Å². The van der Waals surface area contributed by atoms with E-state index < -0.39 is 11.2 Å². The van der Waals surface area contributed by atoms with Gasteiger partial charge in [0.2, 0.25) is 11.8 Å². The Bertz CT molecular complexity index is 884. The number of carbonyl (C=O) groups excluding carboxylic acids is 2. The van der Waals surface area contributed by atoms with Crippen molar-refractivity contribution < 1.29 is 24.2 Å². The fourth-order valence-electron chi connectivity index (χ4n) is 2.53. The zero-order valence-corrected chi connectivity index (χ0v) is 14.6. The molecule has 0 aromatic heterocycles. The minimum Gasteiger partial charge on any atom is -0.495 e. The third kappa shape index (κ3) is 3.80. The van der Waals surface area contributed by atoms with E-state index in [1.165, 1.54) is 31.0 Å². The molecule has 0 radical (unpaired) electrons. The summed E-state index contributed by atoms with van der Waals surface area (Å²) in [5.74, 6) is -1.14. The largest absolute Gasteiger partial charge is 0.495 e. The van der Waals surface area contributed by atoms with Crippen LogP contribution < -0.4 is 15.4 Å². The highest BCUT2D eigenvalue weighted by atomic mass is 32.2. The van der Waals surface area contributed by atoms with Crippen LogP contribution in [0.1, 0.15) is 16.8 Å². The molecule has 2 amide bonds. The van der Waals surface area contributed by atoms with Gasteiger partial charge in [0.25, 0.3) is 0 Å². The van der Waals surface area contributed by atoms with Gasteiger partial charge in [-0.3, -0.25) is 9.59 Å². The number of aromatic carboxylic acids is 1. The summed E-state index contributed by atoms with van der Waals surface area (Å²) in [5.41, 5.74) is 1.20. The van der Waals surface area contributed by atoms with Gasteiger partial charge in [0.15, 0.2) is 0 Å². The zero-order valence-electron chi connectivity index (χ0n) is 13.8. The number of amides is 2. The van der Waals surface area contributed by atoms with Crippen molar-refractivity contribution in [2.75, 3.05) is 17.7 Å². The highest BCUT2D eigenvalue weighted by molar-refractivity contribution is 8.01. The second-order valence-electron chi connectivity index (χ2n) is 5.56. The van der Waals surface area contributed by atoms with E-state index in [4.69, 9.17) is 9.84 Å².